The van der Waals surface area contributed by atoms with Crippen molar-refractivity contribution in [3.8, 4) is 0 Å². The van der Waals surface area contributed by atoms with E-state index >= 15 is 0 Å². The number of nitrogens with zero attached hydrogens (tertiary/aromatic N) is 1. The van der Waals surface area contributed by atoms with Crippen molar-refractivity contribution in [2.75, 3.05) is 24.6 Å². The summed E-state index contributed by atoms with van der Waals surface area (Å²) in [5.41, 5.74) is 8.54. The third kappa shape index (κ3) is 3.03. The second-order valence-electron chi connectivity index (χ2n) is 4.95. The summed E-state index contributed by atoms with van der Waals surface area (Å²) in [6.07, 6.45) is 2.43. The molecule has 0 bridgehead atoms. The van der Waals surface area contributed by atoms with E-state index in [2.05, 4.69) is 43.0 Å². The monoisotopic (exact) mass is 248 g/mol. The van der Waals surface area contributed by atoms with Gasteiger partial charge in [0.05, 0.1) is 12.7 Å². The van der Waals surface area contributed by atoms with Gasteiger partial charge in [0, 0.05) is 24.8 Å². The van der Waals surface area contributed by atoms with E-state index in [9.17, 15) is 0 Å². The van der Waals surface area contributed by atoms with Crippen LogP contribution in [0.25, 0.3) is 0 Å². The van der Waals surface area contributed by atoms with Crippen molar-refractivity contribution >= 4 is 5.69 Å². The molecule has 0 aromatic heterocycles. The maximum Gasteiger partial charge on any atom is 0.0748 e. The Kier molecular flexibility index (Phi) is 4.61. The van der Waals surface area contributed by atoms with Gasteiger partial charge in [-0.15, -0.1) is 0 Å². The lowest BCUT2D eigenvalue weighted by Crippen LogP contribution is -2.42. The topological polar surface area (TPSA) is 38.5 Å². The van der Waals surface area contributed by atoms with Crippen molar-refractivity contribution < 1.29 is 4.74 Å². The zero-order chi connectivity index (χ0) is 13.0. The van der Waals surface area contributed by atoms with Crippen LogP contribution in [0, 0.1) is 0 Å². The lowest BCUT2D eigenvalue weighted by atomic mass is 10.0. The summed E-state index contributed by atoms with van der Waals surface area (Å²) in [5.74, 6) is 0. The van der Waals surface area contributed by atoms with Gasteiger partial charge in [0.15, 0.2) is 0 Å². The molecule has 3 nitrogen and oxygen atoms in total. The smallest absolute Gasteiger partial charge is 0.0748 e. The van der Waals surface area contributed by atoms with Gasteiger partial charge in [-0.2, -0.15) is 0 Å². The van der Waals surface area contributed by atoms with Crippen molar-refractivity contribution in [2.24, 2.45) is 5.73 Å². The molecule has 1 fully saturated rings. The first-order valence-corrected chi connectivity index (χ1v) is 6.96. The number of hydrogen-bond donors (Lipinski definition) is 1. The van der Waals surface area contributed by atoms with Crippen molar-refractivity contribution in [1.29, 1.82) is 0 Å². The summed E-state index contributed by atoms with van der Waals surface area (Å²) in [4.78, 5) is 2.40. The highest BCUT2D eigenvalue weighted by atomic mass is 16.5. The average molecular weight is 248 g/mol. The maximum absolute atomic E-state index is 6.03. The molecule has 1 heterocycles. The zero-order valence-electron chi connectivity index (χ0n) is 11.4. The van der Waals surface area contributed by atoms with Gasteiger partial charge < -0.3 is 15.4 Å². The zero-order valence-corrected chi connectivity index (χ0v) is 11.4. The highest BCUT2D eigenvalue weighted by Gasteiger charge is 2.19. The summed E-state index contributed by atoms with van der Waals surface area (Å²) >= 11 is 0. The van der Waals surface area contributed by atoms with Crippen LogP contribution in [-0.4, -0.2) is 25.8 Å². The Balaban J connectivity index is 2.04. The van der Waals surface area contributed by atoms with Crippen LogP contribution < -0.4 is 10.6 Å². The number of nitrogens with two attached hydrogens (primary N) is 1. The van der Waals surface area contributed by atoms with E-state index in [1.165, 1.54) is 11.3 Å². The minimum atomic E-state index is 0.159. The van der Waals surface area contributed by atoms with Gasteiger partial charge in [0.25, 0.3) is 0 Å². The fraction of sp³-hybridized carbons (Fsp3) is 0.600. The van der Waals surface area contributed by atoms with E-state index in [1.807, 2.05) is 0 Å². The Bertz CT molecular complexity index is 363. The van der Waals surface area contributed by atoms with Gasteiger partial charge in [-0.3, -0.25) is 0 Å². The van der Waals surface area contributed by atoms with Crippen LogP contribution in [0.2, 0.25) is 0 Å². The number of rotatable bonds is 4. The van der Waals surface area contributed by atoms with Gasteiger partial charge in [0.1, 0.15) is 0 Å². The molecule has 0 amide bonds. The van der Waals surface area contributed by atoms with Gasteiger partial charge in [0.2, 0.25) is 0 Å². The Hall–Kier alpha value is -1.06. The number of benzene rings is 1. The van der Waals surface area contributed by atoms with Gasteiger partial charge in [-0.1, -0.05) is 26.0 Å². The molecule has 1 unspecified atom stereocenters. The average Bonchev–Trinajstić information content (AvgIpc) is 2.46. The third-order valence-corrected chi connectivity index (χ3v) is 3.72. The molecule has 18 heavy (non-hydrogen) atoms. The third-order valence-electron chi connectivity index (χ3n) is 3.72. The van der Waals surface area contributed by atoms with Gasteiger partial charge in [-0.25, -0.2) is 0 Å². The molecule has 1 aromatic rings. The molecule has 2 N–H and O–H groups in total. The predicted octanol–water partition coefficient (Wildman–Crippen LogP) is 2.71. The largest absolute Gasteiger partial charge is 0.375 e. The van der Waals surface area contributed by atoms with E-state index in [-0.39, 0.29) is 6.04 Å². The quantitative estimate of drug-likeness (QED) is 0.890. The normalized spacial score (nSPS) is 21.9. The molecule has 3 heteroatoms. The Morgan fingerprint density at radius 2 is 2.06 bits per heavy atom. The van der Waals surface area contributed by atoms with E-state index in [0.29, 0.717) is 6.10 Å². The Morgan fingerprint density at radius 3 is 2.67 bits per heavy atom. The lowest BCUT2D eigenvalue weighted by Gasteiger charge is -2.34. The molecular weight excluding hydrogens is 224 g/mol. The second-order valence-corrected chi connectivity index (χ2v) is 4.95. The molecule has 0 spiro atoms. The van der Waals surface area contributed by atoms with Gasteiger partial charge >= 0.3 is 0 Å². The molecule has 2 rings (SSSR count). The first-order valence-electron chi connectivity index (χ1n) is 6.96. The molecule has 1 aliphatic rings. The molecule has 1 saturated heterocycles. The fourth-order valence-corrected chi connectivity index (χ4v) is 2.37. The van der Waals surface area contributed by atoms with Crippen LogP contribution in [0.1, 0.15) is 38.3 Å². The fourth-order valence-electron chi connectivity index (χ4n) is 2.37. The summed E-state index contributed by atoms with van der Waals surface area (Å²) in [6, 6.07) is 8.83. The molecule has 100 valence electrons. The number of ether oxygens (including phenoxy) is 1. The van der Waals surface area contributed by atoms with Crippen LogP contribution in [-0.2, 0) is 4.74 Å². The van der Waals surface area contributed by atoms with E-state index in [0.717, 1.165) is 32.5 Å². The Morgan fingerprint density at radius 1 is 1.33 bits per heavy atom. The molecule has 1 aliphatic heterocycles. The van der Waals surface area contributed by atoms with Crippen LogP contribution in [0.15, 0.2) is 24.3 Å². The van der Waals surface area contributed by atoms with Crippen molar-refractivity contribution in [3.05, 3.63) is 29.8 Å². The molecule has 0 aliphatic carbocycles. The SMILES string of the molecule is CCC1CN(c2ccc([C@@H](N)CC)cc2)CCO1. The first kappa shape index (κ1) is 13.4. The summed E-state index contributed by atoms with van der Waals surface area (Å²) in [7, 11) is 0. The number of anilines is 1. The van der Waals surface area contributed by atoms with Crippen LogP contribution in [0.3, 0.4) is 0 Å². The first-order chi connectivity index (χ1) is 8.74. The molecule has 0 radical (unpaired) electrons. The van der Waals surface area contributed by atoms with Crippen molar-refractivity contribution in [3.63, 3.8) is 0 Å². The summed E-state index contributed by atoms with van der Waals surface area (Å²) in [6.45, 7) is 7.10. The standard InChI is InChI=1S/C15H24N2O/c1-3-14-11-17(9-10-18-14)13-7-5-12(6-8-13)15(16)4-2/h5-8,14-15H,3-4,9-11,16H2,1-2H3/t14?,15-/m0/s1. The predicted molar refractivity (Wildman–Crippen MR) is 75.9 cm³/mol. The highest BCUT2D eigenvalue weighted by Crippen LogP contribution is 2.22. The second kappa shape index (κ2) is 6.21. The van der Waals surface area contributed by atoms with Crippen LogP contribution in [0.4, 0.5) is 5.69 Å². The minimum Gasteiger partial charge on any atom is -0.375 e. The lowest BCUT2D eigenvalue weighted by molar-refractivity contribution is 0.0384. The van der Waals surface area contributed by atoms with Crippen molar-refractivity contribution in [1.82, 2.24) is 0 Å². The van der Waals surface area contributed by atoms with Crippen LogP contribution >= 0.6 is 0 Å². The summed E-state index contributed by atoms with van der Waals surface area (Å²) in [5, 5.41) is 0. The van der Waals surface area contributed by atoms with E-state index in [1.54, 1.807) is 0 Å². The van der Waals surface area contributed by atoms with E-state index in [4.69, 9.17) is 10.5 Å². The van der Waals surface area contributed by atoms with Crippen molar-refractivity contribution in [2.45, 2.75) is 38.8 Å². The minimum absolute atomic E-state index is 0.159. The number of hydrogen-bond acceptors (Lipinski definition) is 3. The van der Waals surface area contributed by atoms with E-state index < -0.39 is 0 Å². The van der Waals surface area contributed by atoms with Crippen LogP contribution in [0.5, 0.6) is 0 Å². The maximum atomic E-state index is 6.03. The molecule has 0 saturated carbocycles. The van der Waals surface area contributed by atoms with Gasteiger partial charge in [-0.05, 0) is 30.5 Å². The molecule has 1 aromatic carbocycles. The summed E-state index contributed by atoms with van der Waals surface area (Å²) < 4.78 is 5.70. The molecule has 2 atom stereocenters. The molecular formula is C15H24N2O. The highest BCUT2D eigenvalue weighted by molar-refractivity contribution is 5.48. The number of morpholine rings is 1. The Labute approximate surface area is 110 Å².